The molecule has 1 rings (SSSR count). The molecule has 7 heteroatoms. The summed E-state index contributed by atoms with van der Waals surface area (Å²) in [5, 5.41) is -0.00704. The van der Waals surface area contributed by atoms with E-state index in [1.807, 2.05) is 0 Å². The molecule has 0 heterocycles. The molecule has 2 N–H and O–H groups in total. The quantitative estimate of drug-likeness (QED) is 0.783. The minimum Gasteiger partial charge on any atom is -0.318 e. The largest absolute Gasteiger partial charge is 0.703 e. The summed E-state index contributed by atoms with van der Waals surface area (Å²) in [6.07, 6.45) is 0. The zero-order valence-electron chi connectivity index (χ0n) is 6.40. The van der Waals surface area contributed by atoms with Gasteiger partial charge in [0, 0.05) is 4.57 Å². The molecule has 0 spiro atoms. The number of benzene rings is 1. The van der Waals surface area contributed by atoms with Gasteiger partial charge in [-0.1, -0.05) is 25.6 Å². The molecule has 1 aromatic carbocycles. The fourth-order valence-electron chi connectivity index (χ4n) is 0.758. The van der Waals surface area contributed by atoms with Gasteiger partial charge in [0.1, 0.15) is 0 Å². The van der Waals surface area contributed by atoms with Crippen LogP contribution in [0.3, 0.4) is 0 Å². The van der Waals surface area contributed by atoms with Crippen molar-refractivity contribution in [2.75, 3.05) is 0 Å². The summed E-state index contributed by atoms with van der Waals surface area (Å²) in [7, 11) is -7.21. The highest BCUT2D eigenvalue weighted by Crippen LogP contribution is 2.48. The molecule has 0 aliphatic rings. The number of hydrogen-bond donors (Lipinski definition) is 2. The van der Waals surface area contributed by atoms with Crippen LogP contribution in [-0.4, -0.2) is 9.79 Å². The third-order valence-corrected chi connectivity index (χ3v) is 3.66. The smallest absolute Gasteiger partial charge is 0.318 e. The van der Waals surface area contributed by atoms with Crippen LogP contribution in [0.5, 0.6) is 0 Å². The first-order valence-electron chi connectivity index (χ1n) is 3.26. The molecule has 0 fully saturated rings. The lowest BCUT2D eigenvalue weighted by Crippen LogP contribution is -2.03. The van der Waals surface area contributed by atoms with Crippen LogP contribution in [0.25, 0.3) is 0 Å². The highest BCUT2D eigenvalue weighted by atomic mass is 31.2. The molecule has 5 nitrogen and oxygen atoms in total. The maximum atomic E-state index is 11.2. The first-order chi connectivity index (χ1) is 6.02. The molecular weight excluding hydrogens is 226 g/mol. The minimum atomic E-state index is -4.13. The lowest BCUT2D eigenvalue weighted by molar-refractivity contribution is 0.360. The van der Waals surface area contributed by atoms with Gasteiger partial charge in [-0.15, -0.1) is 4.89 Å². The van der Waals surface area contributed by atoms with E-state index in [1.54, 1.807) is 6.07 Å². The van der Waals surface area contributed by atoms with Crippen LogP contribution in [0, 0.1) is 0 Å². The van der Waals surface area contributed by atoms with Gasteiger partial charge in [-0.3, -0.25) is 4.57 Å². The minimum absolute atomic E-state index is 0. The average molecular weight is 237 g/mol. The van der Waals surface area contributed by atoms with Crippen molar-refractivity contribution in [2.24, 2.45) is 0 Å². The third kappa shape index (κ3) is 3.66. The predicted octanol–water partition coefficient (Wildman–Crippen LogP) is 1.80. The van der Waals surface area contributed by atoms with Gasteiger partial charge in [0.05, 0.1) is 5.30 Å². The van der Waals surface area contributed by atoms with E-state index >= 15 is 0 Å². The van der Waals surface area contributed by atoms with Crippen LogP contribution in [0.4, 0.5) is 0 Å². The van der Waals surface area contributed by atoms with Crippen molar-refractivity contribution in [2.45, 2.75) is 7.43 Å². The molecule has 0 bridgehead atoms. The van der Waals surface area contributed by atoms with Gasteiger partial charge >= 0.3 is 15.9 Å². The summed E-state index contributed by atoms with van der Waals surface area (Å²) in [6, 6.07) is 7.42. The SMILES string of the molecule is C.O=[P+](O)OP(=O)(O)c1ccccc1. The molecule has 0 radical (unpaired) electrons. The van der Waals surface area contributed by atoms with Gasteiger partial charge < -0.3 is 4.89 Å². The lowest BCUT2D eigenvalue weighted by Gasteiger charge is -2.01. The Balaban J connectivity index is 0.00000169. The Labute approximate surface area is 82.8 Å². The third-order valence-electron chi connectivity index (χ3n) is 1.26. The predicted molar refractivity (Wildman–Crippen MR) is 53.5 cm³/mol. The second-order valence-electron chi connectivity index (χ2n) is 2.18. The van der Waals surface area contributed by atoms with Crippen molar-refractivity contribution >= 4 is 21.2 Å². The van der Waals surface area contributed by atoms with E-state index in [-0.39, 0.29) is 12.7 Å². The Morgan fingerprint density at radius 2 is 1.79 bits per heavy atom. The molecular formula is C7H11O5P2+. The molecule has 0 aromatic heterocycles. The molecule has 1 aromatic rings. The van der Waals surface area contributed by atoms with E-state index < -0.39 is 15.9 Å². The van der Waals surface area contributed by atoms with Gasteiger partial charge in [-0.25, -0.2) is 0 Å². The van der Waals surface area contributed by atoms with Crippen LogP contribution in [0.15, 0.2) is 30.3 Å². The lowest BCUT2D eigenvalue weighted by atomic mass is 10.4. The van der Waals surface area contributed by atoms with Crippen molar-refractivity contribution in [1.82, 2.24) is 0 Å². The Bertz CT molecular complexity index is 350. The first-order valence-corrected chi connectivity index (χ1v) is 5.97. The van der Waals surface area contributed by atoms with Crippen LogP contribution in [0.1, 0.15) is 7.43 Å². The second-order valence-corrected chi connectivity index (χ2v) is 4.86. The van der Waals surface area contributed by atoms with Gasteiger partial charge in [0.25, 0.3) is 0 Å². The highest BCUT2D eigenvalue weighted by molar-refractivity contribution is 7.66. The van der Waals surface area contributed by atoms with Gasteiger partial charge in [0.15, 0.2) is 0 Å². The summed E-state index contributed by atoms with van der Waals surface area (Å²) < 4.78 is 25.4. The van der Waals surface area contributed by atoms with Crippen LogP contribution >= 0.6 is 15.9 Å². The zero-order chi connectivity index (χ0) is 9.90. The number of hydrogen-bond acceptors (Lipinski definition) is 3. The van der Waals surface area contributed by atoms with Gasteiger partial charge in [-0.2, -0.15) is 0 Å². The molecule has 2 unspecified atom stereocenters. The Morgan fingerprint density at radius 1 is 1.29 bits per heavy atom. The Hall–Kier alpha value is -0.570. The van der Waals surface area contributed by atoms with Crippen LogP contribution in [-0.2, 0) is 13.4 Å². The van der Waals surface area contributed by atoms with Crippen molar-refractivity contribution in [3.05, 3.63) is 30.3 Å². The van der Waals surface area contributed by atoms with E-state index in [0.717, 1.165) is 0 Å². The normalized spacial score (nSPS) is 15.1. The molecule has 78 valence electrons. The molecule has 2 atom stereocenters. The second kappa shape index (κ2) is 5.35. The van der Waals surface area contributed by atoms with E-state index in [4.69, 9.17) is 9.79 Å². The summed E-state index contributed by atoms with van der Waals surface area (Å²) >= 11 is 0. The first kappa shape index (κ1) is 13.4. The summed E-state index contributed by atoms with van der Waals surface area (Å²) in [6.45, 7) is 0. The Kier molecular flexibility index (Phi) is 5.13. The highest BCUT2D eigenvalue weighted by Gasteiger charge is 2.34. The Morgan fingerprint density at radius 3 is 2.21 bits per heavy atom. The van der Waals surface area contributed by atoms with E-state index in [2.05, 4.69) is 4.31 Å². The molecule has 0 aliphatic heterocycles. The molecule has 0 aliphatic carbocycles. The topological polar surface area (TPSA) is 83.8 Å². The standard InChI is InChI=1S/C6H6O5P2.CH4/c7-12(8)11-13(9,10)6-4-2-1-3-5-6;/h1-5H,(H-,7,8,9,10);1H4/p+1. The fourth-order valence-corrected chi connectivity index (χ4v) is 2.44. The summed E-state index contributed by atoms with van der Waals surface area (Å²) in [4.78, 5) is 17.4. The zero-order valence-corrected chi connectivity index (χ0v) is 8.19. The van der Waals surface area contributed by atoms with Crippen molar-refractivity contribution in [1.29, 1.82) is 0 Å². The summed E-state index contributed by atoms with van der Waals surface area (Å²) in [5.74, 6) is 0. The van der Waals surface area contributed by atoms with Gasteiger partial charge in [-0.05, 0) is 16.4 Å². The van der Waals surface area contributed by atoms with E-state index in [9.17, 15) is 9.13 Å². The van der Waals surface area contributed by atoms with Crippen molar-refractivity contribution in [3.8, 4) is 0 Å². The van der Waals surface area contributed by atoms with Crippen molar-refractivity contribution < 1.29 is 23.2 Å². The maximum absolute atomic E-state index is 11.2. The molecule has 14 heavy (non-hydrogen) atoms. The average Bonchev–Trinajstić information content (AvgIpc) is 2.04. The van der Waals surface area contributed by atoms with Crippen molar-refractivity contribution in [3.63, 3.8) is 0 Å². The van der Waals surface area contributed by atoms with E-state index in [0.29, 0.717) is 0 Å². The maximum Gasteiger partial charge on any atom is 0.703 e. The fraction of sp³-hybridized carbons (Fsp3) is 0.143. The van der Waals surface area contributed by atoms with Crippen LogP contribution < -0.4 is 5.30 Å². The number of rotatable bonds is 3. The van der Waals surface area contributed by atoms with Crippen LogP contribution in [0.2, 0.25) is 0 Å². The van der Waals surface area contributed by atoms with E-state index in [1.165, 1.54) is 24.3 Å². The monoisotopic (exact) mass is 237 g/mol. The molecule has 0 amide bonds. The molecule has 0 saturated carbocycles. The summed E-state index contributed by atoms with van der Waals surface area (Å²) in [5.41, 5.74) is 0. The molecule has 0 saturated heterocycles. The van der Waals surface area contributed by atoms with Gasteiger partial charge in [0.2, 0.25) is 0 Å².